The Kier molecular flexibility index (Phi) is 5.44. The van der Waals surface area contributed by atoms with Crippen LogP contribution in [0.3, 0.4) is 0 Å². The first kappa shape index (κ1) is 19.3. The van der Waals surface area contributed by atoms with Crippen LogP contribution in [-0.4, -0.2) is 28.0 Å². The predicted octanol–water partition coefficient (Wildman–Crippen LogP) is 3.11. The molecule has 1 N–H and O–H groups in total. The first-order valence-corrected chi connectivity index (χ1v) is 10.3. The lowest BCUT2D eigenvalue weighted by Crippen LogP contribution is -2.27. The summed E-state index contributed by atoms with van der Waals surface area (Å²) < 4.78 is 12.3. The Hall–Kier alpha value is -3.00. The summed E-state index contributed by atoms with van der Waals surface area (Å²) >= 11 is 1.26. The van der Waals surface area contributed by atoms with Crippen LogP contribution in [0.2, 0.25) is 0 Å². The van der Waals surface area contributed by atoms with E-state index in [1.165, 1.54) is 11.8 Å². The van der Waals surface area contributed by atoms with Crippen molar-refractivity contribution in [3.05, 3.63) is 58.4 Å². The standard InChI is InChI=1S/C21H21N3O4S/c1-13(2)24-20(26)15-5-3-4-6-16(15)23-21(24)29-11-19(25)22-10-14-7-8-17-18(9-14)28-12-27-17/h3-9,13H,10-12H2,1-2H3,(H,22,25). The van der Waals surface area contributed by atoms with E-state index in [1.807, 2.05) is 50.2 Å². The van der Waals surface area contributed by atoms with E-state index in [0.717, 1.165) is 5.56 Å². The highest BCUT2D eigenvalue weighted by Crippen LogP contribution is 2.32. The summed E-state index contributed by atoms with van der Waals surface area (Å²) in [5.41, 5.74) is 1.47. The Bertz CT molecular complexity index is 1130. The fraction of sp³-hybridized carbons (Fsp3) is 0.286. The molecule has 0 fully saturated rings. The maximum atomic E-state index is 12.8. The zero-order valence-corrected chi connectivity index (χ0v) is 17.0. The average molecular weight is 411 g/mol. The number of carbonyl (C=O) groups is 1. The van der Waals surface area contributed by atoms with Crippen molar-refractivity contribution in [2.45, 2.75) is 31.6 Å². The van der Waals surface area contributed by atoms with Crippen molar-refractivity contribution < 1.29 is 14.3 Å². The van der Waals surface area contributed by atoms with Crippen molar-refractivity contribution in [2.24, 2.45) is 0 Å². The van der Waals surface area contributed by atoms with Crippen LogP contribution in [-0.2, 0) is 11.3 Å². The second-order valence-electron chi connectivity index (χ2n) is 6.93. The zero-order valence-electron chi connectivity index (χ0n) is 16.2. The monoisotopic (exact) mass is 411 g/mol. The largest absolute Gasteiger partial charge is 0.454 e. The molecule has 8 heteroatoms. The average Bonchev–Trinajstić information content (AvgIpc) is 3.18. The third-order valence-electron chi connectivity index (χ3n) is 4.55. The fourth-order valence-corrected chi connectivity index (χ4v) is 4.07. The van der Waals surface area contributed by atoms with Gasteiger partial charge in [-0.25, -0.2) is 4.98 Å². The molecule has 1 aliphatic heterocycles. The van der Waals surface area contributed by atoms with Crippen molar-refractivity contribution >= 4 is 28.6 Å². The van der Waals surface area contributed by atoms with E-state index in [9.17, 15) is 9.59 Å². The number of carbonyl (C=O) groups excluding carboxylic acids is 1. The molecule has 0 bridgehead atoms. The number of rotatable bonds is 6. The van der Waals surface area contributed by atoms with Gasteiger partial charge >= 0.3 is 0 Å². The SMILES string of the molecule is CC(C)n1c(SCC(=O)NCc2ccc3c(c2)OCO3)nc2ccccc2c1=O. The molecule has 0 saturated carbocycles. The van der Waals surface area contributed by atoms with E-state index in [1.54, 1.807) is 10.6 Å². The molecule has 29 heavy (non-hydrogen) atoms. The fourth-order valence-electron chi connectivity index (χ4n) is 3.12. The minimum Gasteiger partial charge on any atom is -0.454 e. The van der Waals surface area contributed by atoms with E-state index < -0.39 is 0 Å². The molecule has 1 amide bonds. The van der Waals surface area contributed by atoms with Crippen molar-refractivity contribution in [1.29, 1.82) is 0 Å². The first-order chi connectivity index (χ1) is 14.0. The van der Waals surface area contributed by atoms with Crippen LogP contribution in [0.25, 0.3) is 10.9 Å². The van der Waals surface area contributed by atoms with Crippen LogP contribution >= 0.6 is 11.8 Å². The van der Waals surface area contributed by atoms with E-state index in [0.29, 0.717) is 34.1 Å². The molecule has 150 valence electrons. The van der Waals surface area contributed by atoms with Crippen LogP contribution in [0.4, 0.5) is 0 Å². The number of hydrogen-bond acceptors (Lipinski definition) is 6. The molecular formula is C21H21N3O4S. The maximum absolute atomic E-state index is 12.8. The zero-order chi connectivity index (χ0) is 20.4. The number of fused-ring (bicyclic) bond motifs is 2. The van der Waals surface area contributed by atoms with Gasteiger partial charge in [0.15, 0.2) is 16.7 Å². The molecule has 0 saturated heterocycles. The minimum atomic E-state index is -0.134. The summed E-state index contributed by atoms with van der Waals surface area (Å²) in [6.45, 7) is 4.47. The highest BCUT2D eigenvalue weighted by molar-refractivity contribution is 7.99. The Balaban J connectivity index is 1.44. The Morgan fingerprint density at radius 1 is 1.21 bits per heavy atom. The molecule has 0 atom stereocenters. The lowest BCUT2D eigenvalue weighted by Gasteiger charge is -2.16. The number of para-hydroxylation sites is 1. The van der Waals surface area contributed by atoms with Crippen LogP contribution < -0.4 is 20.3 Å². The highest BCUT2D eigenvalue weighted by Gasteiger charge is 2.16. The summed E-state index contributed by atoms with van der Waals surface area (Å²) in [5, 5.41) is 4.01. The van der Waals surface area contributed by atoms with E-state index in [4.69, 9.17) is 9.47 Å². The molecule has 4 rings (SSSR count). The molecule has 2 heterocycles. The van der Waals surface area contributed by atoms with Gasteiger partial charge < -0.3 is 14.8 Å². The van der Waals surface area contributed by atoms with Gasteiger partial charge in [-0.1, -0.05) is 30.0 Å². The summed E-state index contributed by atoms with van der Waals surface area (Å²) in [6, 6.07) is 12.8. The molecule has 0 aliphatic carbocycles. The summed E-state index contributed by atoms with van der Waals surface area (Å²) in [7, 11) is 0. The van der Waals surface area contributed by atoms with Crippen LogP contribution in [0.1, 0.15) is 25.5 Å². The number of nitrogens with zero attached hydrogens (tertiary/aromatic N) is 2. The van der Waals surface area contributed by atoms with Crippen molar-refractivity contribution in [3.8, 4) is 11.5 Å². The highest BCUT2D eigenvalue weighted by atomic mass is 32.2. The van der Waals surface area contributed by atoms with Gasteiger partial charge in [-0.15, -0.1) is 0 Å². The van der Waals surface area contributed by atoms with Gasteiger partial charge in [0.1, 0.15) is 0 Å². The number of aromatic nitrogens is 2. The van der Waals surface area contributed by atoms with Crippen molar-refractivity contribution in [3.63, 3.8) is 0 Å². The topological polar surface area (TPSA) is 82.5 Å². The smallest absolute Gasteiger partial charge is 0.262 e. The Morgan fingerprint density at radius 3 is 2.83 bits per heavy atom. The summed E-state index contributed by atoms with van der Waals surface area (Å²) in [5.74, 6) is 1.43. The third-order valence-corrected chi connectivity index (χ3v) is 5.50. The first-order valence-electron chi connectivity index (χ1n) is 9.32. The van der Waals surface area contributed by atoms with Gasteiger partial charge in [-0.2, -0.15) is 0 Å². The number of thioether (sulfide) groups is 1. The minimum absolute atomic E-state index is 0.0567. The number of benzene rings is 2. The summed E-state index contributed by atoms with van der Waals surface area (Å²) in [4.78, 5) is 29.8. The van der Waals surface area contributed by atoms with E-state index >= 15 is 0 Å². The van der Waals surface area contributed by atoms with Gasteiger partial charge in [0.05, 0.1) is 16.7 Å². The van der Waals surface area contributed by atoms with E-state index in [-0.39, 0.29) is 30.1 Å². The second-order valence-corrected chi connectivity index (χ2v) is 7.88. The summed E-state index contributed by atoms with van der Waals surface area (Å²) in [6.07, 6.45) is 0. The van der Waals surface area contributed by atoms with Gasteiger partial charge in [0.25, 0.3) is 5.56 Å². The molecule has 7 nitrogen and oxygen atoms in total. The number of hydrogen-bond donors (Lipinski definition) is 1. The molecule has 2 aromatic carbocycles. The Labute approximate surface area is 172 Å². The predicted molar refractivity (Wildman–Crippen MR) is 112 cm³/mol. The molecule has 0 radical (unpaired) electrons. The van der Waals surface area contributed by atoms with Crippen LogP contribution in [0.5, 0.6) is 11.5 Å². The number of amides is 1. The van der Waals surface area contributed by atoms with Gasteiger partial charge in [-0.3, -0.25) is 14.2 Å². The quantitative estimate of drug-likeness (QED) is 0.496. The molecule has 1 aliphatic rings. The number of nitrogens with one attached hydrogen (secondary N) is 1. The lowest BCUT2D eigenvalue weighted by molar-refractivity contribution is -0.118. The third kappa shape index (κ3) is 4.07. The normalized spacial score (nSPS) is 12.5. The van der Waals surface area contributed by atoms with Gasteiger partial charge in [0.2, 0.25) is 12.7 Å². The molecule has 0 unspecified atom stereocenters. The van der Waals surface area contributed by atoms with Crippen LogP contribution in [0, 0.1) is 0 Å². The van der Waals surface area contributed by atoms with Crippen molar-refractivity contribution in [1.82, 2.24) is 14.9 Å². The number of ether oxygens (including phenoxy) is 2. The molecule has 1 aromatic heterocycles. The molecular weight excluding hydrogens is 390 g/mol. The van der Waals surface area contributed by atoms with Crippen molar-refractivity contribution in [2.75, 3.05) is 12.5 Å². The van der Waals surface area contributed by atoms with Gasteiger partial charge in [0, 0.05) is 12.6 Å². The lowest BCUT2D eigenvalue weighted by atomic mass is 10.2. The maximum Gasteiger partial charge on any atom is 0.262 e. The molecule has 0 spiro atoms. The van der Waals surface area contributed by atoms with Crippen LogP contribution in [0.15, 0.2) is 52.4 Å². The second kappa shape index (κ2) is 8.16. The Morgan fingerprint density at radius 2 is 2.00 bits per heavy atom. The molecule has 3 aromatic rings. The van der Waals surface area contributed by atoms with E-state index in [2.05, 4.69) is 10.3 Å². The van der Waals surface area contributed by atoms with Gasteiger partial charge in [-0.05, 0) is 43.7 Å².